The summed E-state index contributed by atoms with van der Waals surface area (Å²) in [5, 5.41) is 20.5. The zero-order chi connectivity index (χ0) is 21.4. The number of rotatable bonds is 4. The van der Waals surface area contributed by atoms with Gasteiger partial charge in [0.15, 0.2) is 0 Å². The molecule has 30 heavy (non-hydrogen) atoms. The van der Waals surface area contributed by atoms with E-state index in [9.17, 15) is 14.6 Å². The smallest absolute Gasteiger partial charge is 0.123 e. The first-order chi connectivity index (χ1) is 14.3. The predicted octanol–water partition coefficient (Wildman–Crippen LogP) is 5.44. The summed E-state index contributed by atoms with van der Waals surface area (Å²) in [7, 11) is 0. The normalized spacial score (nSPS) is 26.7. The van der Waals surface area contributed by atoms with Crippen LogP contribution >= 0.6 is 33.9 Å². The minimum Gasteiger partial charge on any atom is -0.389 e. The molecule has 0 bridgehead atoms. The number of alkyl halides is 1. The van der Waals surface area contributed by atoms with E-state index in [4.69, 9.17) is 4.74 Å². The van der Waals surface area contributed by atoms with E-state index in [1.807, 2.05) is 6.07 Å². The second-order valence-corrected chi connectivity index (χ2v) is 10.4. The van der Waals surface area contributed by atoms with Gasteiger partial charge in [0.25, 0.3) is 0 Å². The van der Waals surface area contributed by atoms with Crippen molar-refractivity contribution in [3.8, 4) is 10.4 Å². The van der Waals surface area contributed by atoms with Crippen LogP contribution in [0.2, 0.25) is 0 Å². The summed E-state index contributed by atoms with van der Waals surface area (Å²) in [5.41, 5.74) is 4.44. The van der Waals surface area contributed by atoms with Crippen molar-refractivity contribution in [1.29, 1.82) is 0 Å². The lowest BCUT2D eigenvalue weighted by atomic mass is 9.92. The van der Waals surface area contributed by atoms with Gasteiger partial charge in [0, 0.05) is 16.2 Å². The van der Waals surface area contributed by atoms with Crippen LogP contribution in [0.3, 0.4) is 0 Å². The third-order valence-electron chi connectivity index (χ3n) is 5.66. The summed E-state index contributed by atoms with van der Waals surface area (Å²) in [6, 6.07) is 17.1. The Morgan fingerprint density at radius 1 is 1.03 bits per heavy atom. The van der Waals surface area contributed by atoms with Crippen molar-refractivity contribution in [1.82, 2.24) is 0 Å². The molecule has 1 aliphatic heterocycles. The van der Waals surface area contributed by atoms with Crippen molar-refractivity contribution < 1.29 is 19.3 Å². The number of aliphatic hydroxyl groups excluding tert-OH is 2. The number of hydrogen-bond acceptors (Lipinski definition) is 4. The Bertz CT molecular complexity index is 1020. The number of aryl methyl sites for hydroxylation is 1. The average molecular weight is 538 g/mol. The first-order valence-corrected chi connectivity index (χ1v) is 12.0. The quantitative estimate of drug-likeness (QED) is 0.344. The molecule has 5 atom stereocenters. The largest absolute Gasteiger partial charge is 0.389 e. The second kappa shape index (κ2) is 9.04. The van der Waals surface area contributed by atoms with Gasteiger partial charge in [0.2, 0.25) is 0 Å². The molecule has 1 aromatic heterocycles. The van der Waals surface area contributed by atoms with Crippen LogP contribution in [0.4, 0.5) is 4.39 Å². The number of halogens is 2. The molecule has 1 saturated heterocycles. The molecular weight excluding hydrogens is 514 g/mol. The van der Waals surface area contributed by atoms with Crippen LogP contribution in [0.1, 0.15) is 34.6 Å². The van der Waals surface area contributed by atoms with Gasteiger partial charge in [-0.2, -0.15) is 0 Å². The van der Waals surface area contributed by atoms with Crippen LogP contribution in [0.25, 0.3) is 10.4 Å². The first kappa shape index (κ1) is 21.9. The number of ether oxygens (including phenoxy) is 1. The highest BCUT2D eigenvalue weighted by molar-refractivity contribution is 14.1. The molecule has 3 aromatic rings. The number of aliphatic hydroxyl groups is 2. The Hall–Kier alpha value is -1.32. The van der Waals surface area contributed by atoms with Crippen molar-refractivity contribution in [3.63, 3.8) is 0 Å². The highest BCUT2D eigenvalue weighted by Gasteiger charge is 2.41. The zero-order valence-corrected chi connectivity index (χ0v) is 19.7. The molecule has 0 spiro atoms. The van der Waals surface area contributed by atoms with Crippen molar-refractivity contribution in [2.45, 2.75) is 48.6 Å². The van der Waals surface area contributed by atoms with Crippen molar-refractivity contribution in [3.05, 3.63) is 82.0 Å². The molecule has 3 nitrogen and oxygen atoms in total. The number of thiophene rings is 1. The van der Waals surface area contributed by atoms with Gasteiger partial charge in [0.1, 0.15) is 11.9 Å². The Morgan fingerprint density at radius 2 is 1.77 bits per heavy atom. The summed E-state index contributed by atoms with van der Waals surface area (Å²) in [6.45, 7) is 3.89. The van der Waals surface area contributed by atoms with Gasteiger partial charge in [-0.05, 0) is 60.4 Å². The van der Waals surface area contributed by atoms with Crippen LogP contribution in [-0.2, 0) is 11.2 Å². The summed E-state index contributed by atoms with van der Waals surface area (Å²) in [4.78, 5) is 2.35. The van der Waals surface area contributed by atoms with E-state index in [0.29, 0.717) is 0 Å². The summed E-state index contributed by atoms with van der Waals surface area (Å²) in [5.74, 6) is -0.228. The Balaban J connectivity index is 1.56. The maximum absolute atomic E-state index is 13.2. The average Bonchev–Trinajstić information content (AvgIpc) is 3.20. The zero-order valence-electron chi connectivity index (χ0n) is 16.8. The van der Waals surface area contributed by atoms with E-state index in [2.05, 4.69) is 53.8 Å². The molecule has 158 valence electrons. The van der Waals surface area contributed by atoms with Gasteiger partial charge >= 0.3 is 0 Å². The number of benzene rings is 2. The number of hydrogen-bond donors (Lipinski definition) is 2. The van der Waals surface area contributed by atoms with Gasteiger partial charge in [-0.15, -0.1) is 11.3 Å². The molecule has 2 aromatic carbocycles. The van der Waals surface area contributed by atoms with Crippen molar-refractivity contribution in [2.75, 3.05) is 0 Å². The van der Waals surface area contributed by atoms with E-state index in [1.165, 1.54) is 28.1 Å². The molecule has 2 heterocycles. The van der Waals surface area contributed by atoms with Gasteiger partial charge in [0.05, 0.1) is 22.2 Å². The lowest BCUT2D eigenvalue weighted by Crippen LogP contribution is -2.50. The fraction of sp³-hybridized carbons (Fsp3) is 0.333. The SMILES string of the molecule is Cc1ccc(C2OC(C)C(O)C(O)C2I)cc1Cc1ccc(-c2ccc(F)cc2)s1. The Kier molecular flexibility index (Phi) is 6.60. The summed E-state index contributed by atoms with van der Waals surface area (Å²) < 4.78 is 19.0. The van der Waals surface area contributed by atoms with Gasteiger partial charge in [-0.3, -0.25) is 0 Å². The minimum atomic E-state index is -0.871. The Labute approximate surface area is 193 Å². The lowest BCUT2D eigenvalue weighted by molar-refractivity contribution is -0.155. The van der Waals surface area contributed by atoms with Crippen LogP contribution in [0.5, 0.6) is 0 Å². The maximum atomic E-state index is 13.2. The molecule has 0 amide bonds. The van der Waals surface area contributed by atoms with E-state index >= 15 is 0 Å². The van der Waals surface area contributed by atoms with Gasteiger partial charge in [-0.1, -0.05) is 52.9 Å². The van der Waals surface area contributed by atoms with Crippen LogP contribution < -0.4 is 0 Å². The molecule has 2 N–H and O–H groups in total. The van der Waals surface area contributed by atoms with E-state index in [1.54, 1.807) is 30.4 Å². The molecule has 1 fully saturated rings. The second-order valence-electron chi connectivity index (χ2n) is 7.82. The summed E-state index contributed by atoms with van der Waals surface area (Å²) in [6.07, 6.45) is -1.58. The molecule has 5 unspecified atom stereocenters. The first-order valence-electron chi connectivity index (χ1n) is 9.93. The highest BCUT2D eigenvalue weighted by atomic mass is 127. The highest BCUT2D eigenvalue weighted by Crippen LogP contribution is 2.38. The van der Waals surface area contributed by atoms with Gasteiger partial charge in [-0.25, -0.2) is 4.39 Å². The van der Waals surface area contributed by atoms with E-state index in [0.717, 1.165) is 22.4 Å². The van der Waals surface area contributed by atoms with Gasteiger partial charge < -0.3 is 14.9 Å². The molecule has 0 saturated carbocycles. The fourth-order valence-corrected chi connectivity index (χ4v) is 5.83. The monoisotopic (exact) mass is 538 g/mol. The Morgan fingerprint density at radius 3 is 2.50 bits per heavy atom. The van der Waals surface area contributed by atoms with Crippen LogP contribution in [-0.4, -0.2) is 32.4 Å². The molecule has 4 rings (SSSR count). The maximum Gasteiger partial charge on any atom is 0.123 e. The lowest BCUT2D eigenvalue weighted by Gasteiger charge is -2.39. The molecule has 1 aliphatic rings. The molecular formula is C24H24FIO3S. The fourth-order valence-electron chi connectivity index (χ4n) is 3.78. The topological polar surface area (TPSA) is 49.7 Å². The van der Waals surface area contributed by atoms with Crippen LogP contribution in [0.15, 0.2) is 54.6 Å². The standard InChI is InChI=1S/C24H24FIO3S/c1-13-3-4-16(24-21(26)23(28)22(27)14(2)29-24)11-17(13)12-19-9-10-20(30-19)15-5-7-18(25)8-6-15/h3-11,14,21-24,27-28H,12H2,1-2H3. The molecule has 6 heteroatoms. The third-order valence-corrected chi connectivity index (χ3v) is 8.19. The molecule has 0 aliphatic carbocycles. The van der Waals surface area contributed by atoms with Crippen molar-refractivity contribution >= 4 is 33.9 Å². The van der Waals surface area contributed by atoms with Crippen LogP contribution in [0, 0.1) is 12.7 Å². The predicted molar refractivity (Wildman–Crippen MR) is 127 cm³/mol. The van der Waals surface area contributed by atoms with Crippen molar-refractivity contribution in [2.24, 2.45) is 0 Å². The third kappa shape index (κ3) is 4.48. The van der Waals surface area contributed by atoms with E-state index in [-0.39, 0.29) is 15.8 Å². The van der Waals surface area contributed by atoms with E-state index < -0.39 is 18.3 Å². The summed E-state index contributed by atoms with van der Waals surface area (Å²) >= 11 is 3.88. The molecule has 0 radical (unpaired) electrons. The minimum absolute atomic E-state index is 0.226.